The summed E-state index contributed by atoms with van der Waals surface area (Å²) in [4.78, 5) is 12.2. The van der Waals surface area contributed by atoms with E-state index in [2.05, 4.69) is 11.4 Å². The maximum atomic E-state index is 12.2. The summed E-state index contributed by atoms with van der Waals surface area (Å²) >= 11 is 7.36. The minimum atomic E-state index is -0.308. The molecule has 6 heteroatoms. The van der Waals surface area contributed by atoms with Crippen molar-refractivity contribution in [3.05, 3.63) is 75.3 Å². The standard InChI is InChI=1S/C20H17ClN2O2S/c1-25-18-5-3-2-4-15(18)16-10-19(24)23-20(17(16)11-22)26-12-13-6-8-14(21)9-7-13/h2-9,16H,10,12H2,1H3,(H,23,24)/t16-/m1/s1. The van der Waals surface area contributed by atoms with E-state index in [1.807, 2.05) is 48.5 Å². The Balaban J connectivity index is 1.91. The quantitative estimate of drug-likeness (QED) is 0.816. The Morgan fingerprint density at radius 2 is 2.00 bits per heavy atom. The zero-order valence-corrected chi connectivity index (χ0v) is 15.7. The van der Waals surface area contributed by atoms with Gasteiger partial charge in [0.2, 0.25) is 5.91 Å². The van der Waals surface area contributed by atoms with E-state index in [0.29, 0.717) is 27.1 Å². The molecule has 1 N–H and O–H groups in total. The number of hydrogen-bond donors (Lipinski definition) is 1. The number of carbonyl (C=O) groups is 1. The van der Waals surface area contributed by atoms with Crippen molar-refractivity contribution in [1.29, 1.82) is 5.26 Å². The van der Waals surface area contributed by atoms with Gasteiger partial charge in [-0.1, -0.05) is 41.9 Å². The highest BCUT2D eigenvalue weighted by Crippen LogP contribution is 2.40. The molecule has 1 heterocycles. The summed E-state index contributed by atoms with van der Waals surface area (Å²) in [5.74, 6) is 0.912. The molecule has 4 nitrogen and oxygen atoms in total. The van der Waals surface area contributed by atoms with Crippen molar-refractivity contribution in [2.45, 2.75) is 18.1 Å². The number of thioether (sulfide) groups is 1. The lowest BCUT2D eigenvalue weighted by Crippen LogP contribution is -2.31. The zero-order chi connectivity index (χ0) is 18.5. The molecule has 0 bridgehead atoms. The lowest BCUT2D eigenvalue weighted by atomic mass is 9.86. The van der Waals surface area contributed by atoms with Crippen molar-refractivity contribution in [3.63, 3.8) is 0 Å². The third kappa shape index (κ3) is 4.04. The lowest BCUT2D eigenvalue weighted by molar-refractivity contribution is -0.120. The normalized spacial score (nSPS) is 16.8. The highest BCUT2D eigenvalue weighted by molar-refractivity contribution is 8.02. The van der Waals surface area contributed by atoms with Gasteiger partial charge in [-0.25, -0.2) is 0 Å². The topological polar surface area (TPSA) is 62.1 Å². The molecule has 0 unspecified atom stereocenters. The van der Waals surface area contributed by atoms with Crippen LogP contribution in [0.3, 0.4) is 0 Å². The summed E-state index contributed by atoms with van der Waals surface area (Å²) < 4.78 is 5.42. The van der Waals surface area contributed by atoms with E-state index in [-0.39, 0.29) is 18.2 Å². The molecule has 0 saturated heterocycles. The highest BCUT2D eigenvalue weighted by Gasteiger charge is 2.31. The van der Waals surface area contributed by atoms with E-state index in [9.17, 15) is 10.1 Å². The molecule has 0 aromatic heterocycles. The van der Waals surface area contributed by atoms with Crippen molar-refractivity contribution in [2.24, 2.45) is 0 Å². The van der Waals surface area contributed by atoms with Gasteiger partial charge in [0.15, 0.2) is 0 Å². The summed E-state index contributed by atoms with van der Waals surface area (Å²) in [7, 11) is 1.59. The van der Waals surface area contributed by atoms with Gasteiger partial charge < -0.3 is 10.1 Å². The van der Waals surface area contributed by atoms with Crippen LogP contribution in [0.5, 0.6) is 5.75 Å². The maximum absolute atomic E-state index is 12.2. The third-order valence-electron chi connectivity index (χ3n) is 4.17. The second-order valence-electron chi connectivity index (χ2n) is 5.82. The van der Waals surface area contributed by atoms with Crippen LogP contribution < -0.4 is 10.1 Å². The van der Waals surface area contributed by atoms with Crippen molar-refractivity contribution >= 4 is 29.3 Å². The minimum absolute atomic E-state index is 0.0986. The van der Waals surface area contributed by atoms with Crippen molar-refractivity contribution < 1.29 is 9.53 Å². The number of para-hydroxylation sites is 1. The van der Waals surface area contributed by atoms with Crippen molar-refractivity contribution in [2.75, 3.05) is 7.11 Å². The number of nitrogens with one attached hydrogen (secondary N) is 1. The Kier molecular flexibility index (Phi) is 5.87. The van der Waals surface area contributed by atoms with Crippen LogP contribution in [-0.2, 0) is 10.5 Å². The summed E-state index contributed by atoms with van der Waals surface area (Å²) in [6, 6.07) is 17.3. The van der Waals surface area contributed by atoms with Gasteiger partial charge in [-0.15, -0.1) is 11.8 Å². The van der Waals surface area contributed by atoms with E-state index in [1.54, 1.807) is 7.11 Å². The molecule has 3 rings (SSSR count). The number of halogens is 1. The molecule has 1 aliphatic heterocycles. The van der Waals surface area contributed by atoms with Crippen LogP contribution in [0, 0.1) is 11.3 Å². The molecule has 0 fully saturated rings. The fraction of sp³-hybridized carbons (Fsp3) is 0.200. The van der Waals surface area contributed by atoms with Gasteiger partial charge in [0.05, 0.1) is 23.8 Å². The molecule has 0 saturated carbocycles. The van der Waals surface area contributed by atoms with E-state index < -0.39 is 0 Å². The number of rotatable bonds is 5. The predicted octanol–water partition coefficient (Wildman–Crippen LogP) is 4.62. The number of benzene rings is 2. The van der Waals surface area contributed by atoms with Gasteiger partial charge in [-0.2, -0.15) is 5.26 Å². The predicted molar refractivity (Wildman–Crippen MR) is 104 cm³/mol. The first kappa shape index (κ1) is 18.4. The Morgan fingerprint density at radius 3 is 2.69 bits per heavy atom. The Hall–Kier alpha value is -2.42. The second-order valence-corrected chi connectivity index (χ2v) is 7.24. The fourth-order valence-electron chi connectivity index (χ4n) is 2.89. The SMILES string of the molecule is COc1ccccc1[C@H]1CC(=O)NC(SCc2ccc(Cl)cc2)=C1C#N. The number of nitrogens with zero attached hydrogens (tertiary/aromatic N) is 1. The van der Waals surface area contributed by atoms with E-state index in [0.717, 1.165) is 11.1 Å². The molecular weight excluding hydrogens is 368 g/mol. The molecule has 2 aromatic carbocycles. The molecule has 2 aromatic rings. The molecule has 1 atom stereocenters. The van der Waals surface area contributed by atoms with E-state index >= 15 is 0 Å². The summed E-state index contributed by atoms with van der Waals surface area (Å²) in [5.41, 5.74) is 2.48. The molecule has 0 aliphatic carbocycles. The molecule has 0 spiro atoms. The lowest BCUT2D eigenvalue weighted by Gasteiger charge is -2.26. The van der Waals surface area contributed by atoms with Gasteiger partial charge >= 0.3 is 0 Å². The summed E-state index contributed by atoms with van der Waals surface area (Å²) in [5, 5.41) is 13.9. The van der Waals surface area contributed by atoms with Crippen molar-refractivity contribution in [1.82, 2.24) is 5.32 Å². The summed E-state index contributed by atoms with van der Waals surface area (Å²) in [6.45, 7) is 0. The van der Waals surface area contributed by atoms with Crippen LogP contribution in [0.25, 0.3) is 0 Å². The zero-order valence-electron chi connectivity index (χ0n) is 14.2. The molecule has 1 amide bonds. The molecular formula is C20H17ClN2O2S. The van der Waals surface area contributed by atoms with Gasteiger partial charge in [0.1, 0.15) is 5.75 Å². The number of methoxy groups -OCH3 is 1. The van der Waals surface area contributed by atoms with Crippen LogP contribution in [0.2, 0.25) is 5.02 Å². The first-order valence-corrected chi connectivity index (χ1v) is 9.43. The Bertz CT molecular complexity index is 887. The minimum Gasteiger partial charge on any atom is -0.496 e. The molecule has 132 valence electrons. The highest BCUT2D eigenvalue weighted by atomic mass is 35.5. The number of carbonyl (C=O) groups excluding carboxylic acids is 1. The number of nitriles is 1. The molecule has 26 heavy (non-hydrogen) atoms. The Morgan fingerprint density at radius 1 is 1.27 bits per heavy atom. The van der Waals surface area contributed by atoms with E-state index in [1.165, 1.54) is 11.8 Å². The van der Waals surface area contributed by atoms with Gasteiger partial charge in [0, 0.05) is 28.7 Å². The van der Waals surface area contributed by atoms with E-state index in [4.69, 9.17) is 16.3 Å². The van der Waals surface area contributed by atoms with Gasteiger partial charge in [0.25, 0.3) is 0 Å². The second kappa shape index (κ2) is 8.31. The average Bonchev–Trinajstić information content (AvgIpc) is 2.67. The Labute approximate surface area is 161 Å². The van der Waals surface area contributed by atoms with Gasteiger partial charge in [-0.05, 0) is 23.8 Å². The van der Waals surface area contributed by atoms with Crippen LogP contribution in [-0.4, -0.2) is 13.0 Å². The van der Waals surface area contributed by atoms with Crippen LogP contribution >= 0.6 is 23.4 Å². The maximum Gasteiger partial charge on any atom is 0.225 e. The number of ether oxygens (including phenoxy) is 1. The first-order chi connectivity index (χ1) is 12.6. The molecule has 0 radical (unpaired) electrons. The number of allylic oxidation sites excluding steroid dienone is 1. The fourth-order valence-corrected chi connectivity index (χ4v) is 4.05. The summed E-state index contributed by atoms with van der Waals surface area (Å²) in [6.07, 6.45) is 0.230. The average molecular weight is 385 g/mol. The molecule has 1 aliphatic rings. The van der Waals surface area contributed by atoms with Gasteiger partial charge in [-0.3, -0.25) is 4.79 Å². The number of amides is 1. The van der Waals surface area contributed by atoms with Crippen LogP contribution in [0.4, 0.5) is 0 Å². The smallest absolute Gasteiger partial charge is 0.225 e. The largest absolute Gasteiger partial charge is 0.496 e. The van der Waals surface area contributed by atoms with Crippen LogP contribution in [0.1, 0.15) is 23.5 Å². The third-order valence-corrected chi connectivity index (χ3v) is 5.51. The first-order valence-electron chi connectivity index (χ1n) is 8.06. The monoisotopic (exact) mass is 384 g/mol. The number of hydrogen-bond acceptors (Lipinski definition) is 4. The van der Waals surface area contributed by atoms with Crippen molar-refractivity contribution in [3.8, 4) is 11.8 Å². The van der Waals surface area contributed by atoms with Crippen LogP contribution in [0.15, 0.2) is 59.1 Å².